The van der Waals surface area contributed by atoms with Gasteiger partial charge in [0, 0.05) is 6.54 Å². The van der Waals surface area contributed by atoms with Crippen LogP contribution in [-0.2, 0) is 4.74 Å². The van der Waals surface area contributed by atoms with Crippen LogP contribution in [0, 0.1) is 0 Å². The van der Waals surface area contributed by atoms with Crippen LogP contribution < -0.4 is 5.32 Å². The standard InChI is InChI=1S/C10H13NO2.ClH/c1-11-7-8-13-10(12)9-5-3-2-4-6-9;/h2-6,11H,7-8H2,1H3;1H. The topological polar surface area (TPSA) is 38.3 Å². The van der Waals surface area contributed by atoms with E-state index in [1.165, 1.54) is 0 Å². The minimum atomic E-state index is -0.268. The molecule has 1 rings (SSSR count). The lowest BCUT2D eigenvalue weighted by Gasteiger charge is -2.03. The smallest absolute Gasteiger partial charge is 0.338 e. The van der Waals surface area contributed by atoms with E-state index in [0.29, 0.717) is 18.7 Å². The fourth-order valence-electron chi connectivity index (χ4n) is 0.903. The molecule has 0 amide bonds. The maximum absolute atomic E-state index is 11.3. The van der Waals surface area contributed by atoms with E-state index in [2.05, 4.69) is 5.32 Å². The van der Waals surface area contributed by atoms with Gasteiger partial charge in [-0.15, -0.1) is 12.4 Å². The molecule has 1 aromatic carbocycles. The van der Waals surface area contributed by atoms with Crippen LogP contribution in [0.3, 0.4) is 0 Å². The van der Waals surface area contributed by atoms with Gasteiger partial charge < -0.3 is 10.1 Å². The zero-order valence-electron chi connectivity index (χ0n) is 8.03. The van der Waals surface area contributed by atoms with Crippen LogP contribution in [0.1, 0.15) is 10.4 Å². The normalized spacial score (nSPS) is 8.93. The summed E-state index contributed by atoms with van der Waals surface area (Å²) >= 11 is 0. The predicted molar refractivity (Wildman–Crippen MR) is 57.9 cm³/mol. The van der Waals surface area contributed by atoms with Gasteiger partial charge in [-0.3, -0.25) is 0 Å². The number of benzene rings is 1. The van der Waals surface area contributed by atoms with Crippen LogP contribution in [-0.4, -0.2) is 26.2 Å². The number of carbonyl (C=O) groups excluding carboxylic acids is 1. The van der Waals surface area contributed by atoms with Gasteiger partial charge in [0.25, 0.3) is 0 Å². The maximum Gasteiger partial charge on any atom is 0.338 e. The first-order chi connectivity index (χ1) is 6.34. The molecule has 0 radical (unpaired) electrons. The van der Waals surface area contributed by atoms with E-state index in [1.807, 2.05) is 25.2 Å². The Hall–Kier alpha value is -1.06. The number of rotatable bonds is 4. The highest BCUT2D eigenvalue weighted by Gasteiger charge is 2.03. The number of hydrogen-bond acceptors (Lipinski definition) is 3. The average molecular weight is 216 g/mol. The first-order valence-electron chi connectivity index (χ1n) is 4.21. The summed E-state index contributed by atoms with van der Waals surface area (Å²) in [6.45, 7) is 1.09. The number of halogens is 1. The lowest BCUT2D eigenvalue weighted by Crippen LogP contribution is -2.17. The minimum absolute atomic E-state index is 0. The predicted octanol–water partition coefficient (Wildman–Crippen LogP) is 1.48. The van der Waals surface area contributed by atoms with Gasteiger partial charge in [-0.1, -0.05) is 18.2 Å². The van der Waals surface area contributed by atoms with Crippen molar-refractivity contribution in [3.63, 3.8) is 0 Å². The molecule has 0 aliphatic carbocycles. The van der Waals surface area contributed by atoms with Crippen molar-refractivity contribution < 1.29 is 9.53 Å². The Balaban J connectivity index is 0.00000169. The monoisotopic (exact) mass is 215 g/mol. The molecule has 4 heteroatoms. The van der Waals surface area contributed by atoms with Crippen LogP contribution >= 0.6 is 12.4 Å². The van der Waals surface area contributed by atoms with Crippen molar-refractivity contribution in [2.75, 3.05) is 20.2 Å². The maximum atomic E-state index is 11.3. The fourth-order valence-corrected chi connectivity index (χ4v) is 0.903. The molecule has 3 nitrogen and oxygen atoms in total. The highest BCUT2D eigenvalue weighted by molar-refractivity contribution is 5.89. The van der Waals surface area contributed by atoms with Crippen molar-refractivity contribution >= 4 is 18.4 Å². The molecule has 0 aliphatic rings. The summed E-state index contributed by atoms with van der Waals surface area (Å²) in [5.74, 6) is -0.268. The van der Waals surface area contributed by atoms with Crippen LogP contribution in [0.5, 0.6) is 0 Å². The minimum Gasteiger partial charge on any atom is -0.461 e. The van der Waals surface area contributed by atoms with Gasteiger partial charge in [0.1, 0.15) is 6.61 Å². The number of carbonyl (C=O) groups is 1. The summed E-state index contributed by atoms with van der Waals surface area (Å²) in [4.78, 5) is 11.3. The van der Waals surface area contributed by atoms with Gasteiger partial charge in [0.15, 0.2) is 0 Å². The van der Waals surface area contributed by atoms with E-state index in [-0.39, 0.29) is 18.4 Å². The van der Waals surface area contributed by atoms with Gasteiger partial charge in [-0.25, -0.2) is 4.79 Å². The molecule has 0 fully saturated rings. The highest BCUT2D eigenvalue weighted by atomic mass is 35.5. The van der Waals surface area contributed by atoms with Crippen molar-refractivity contribution in [3.05, 3.63) is 35.9 Å². The van der Waals surface area contributed by atoms with E-state index >= 15 is 0 Å². The third-order valence-corrected chi connectivity index (χ3v) is 1.59. The number of ether oxygens (including phenoxy) is 1. The summed E-state index contributed by atoms with van der Waals surface area (Å²) in [6.07, 6.45) is 0. The van der Waals surface area contributed by atoms with Gasteiger partial charge in [-0.05, 0) is 19.2 Å². The van der Waals surface area contributed by atoms with E-state index in [9.17, 15) is 4.79 Å². The van der Waals surface area contributed by atoms with Crippen molar-refractivity contribution in [2.24, 2.45) is 0 Å². The van der Waals surface area contributed by atoms with Gasteiger partial charge in [0.05, 0.1) is 5.56 Å². The van der Waals surface area contributed by atoms with E-state index in [0.717, 1.165) is 0 Å². The Kier molecular flexibility index (Phi) is 6.80. The molecule has 0 aliphatic heterocycles. The Labute approximate surface area is 89.9 Å². The van der Waals surface area contributed by atoms with Crippen molar-refractivity contribution in [1.29, 1.82) is 0 Å². The molecule has 0 saturated carbocycles. The number of nitrogens with one attached hydrogen (secondary N) is 1. The second-order valence-corrected chi connectivity index (χ2v) is 2.61. The van der Waals surface area contributed by atoms with Gasteiger partial charge in [0.2, 0.25) is 0 Å². The van der Waals surface area contributed by atoms with Crippen LogP contribution in [0.25, 0.3) is 0 Å². The fraction of sp³-hybridized carbons (Fsp3) is 0.300. The summed E-state index contributed by atoms with van der Waals surface area (Å²) in [6, 6.07) is 8.97. The Morgan fingerprint density at radius 2 is 2.00 bits per heavy atom. The molecule has 0 saturated heterocycles. The lowest BCUT2D eigenvalue weighted by atomic mass is 10.2. The van der Waals surface area contributed by atoms with Crippen molar-refractivity contribution in [1.82, 2.24) is 5.32 Å². The number of hydrogen-bond donors (Lipinski definition) is 1. The second kappa shape index (κ2) is 7.35. The molecule has 0 spiro atoms. The van der Waals surface area contributed by atoms with Crippen molar-refractivity contribution in [3.8, 4) is 0 Å². The lowest BCUT2D eigenvalue weighted by molar-refractivity contribution is 0.0510. The molecule has 0 bridgehead atoms. The summed E-state index contributed by atoms with van der Waals surface area (Å²) in [7, 11) is 1.82. The summed E-state index contributed by atoms with van der Waals surface area (Å²) < 4.78 is 4.97. The molecule has 0 atom stereocenters. The SMILES string of the molecule is CNCCOC(=O)c1ccccc1.Cl. The number of esters is 1. The van der Waals surface area contributed by atoms with Gasteiger partial charge in [-0.2, -0.15) is 0 Å². The second-order valence-electron chi connectivity index (χ2n) is 2.61. The van der Waals surface area contributed by atoms with E-state index in [4.69, 9.17) is 4.74 Å². The van der Waals surface area contributed by atoms with E-state index in [1.54, 1.807) is 12.1 Å². The third kappa shape index (κ3) is 4.25. The molecule has 1 aromatic rings. The van der Waals surface area contributed by atoms with Crippen LogP contribution in [0.4, 0.5) is 0 Å². The first-order valence-corrected chi connectivity index (χ1v) is 4.21. The summed E-state index contributed by atoms with van der Waals surface area (Å²) in [5, 5.41) is 2.90. The molecule has 1 N–H and O–H groups in total. The van der Waals surface area contributed by atoms with Gasteiger partial charge >= 0.3 is 5.97 Å². The molecular weight excluding hydrogens is 202 g/mol. The third-order valence-electron chi connectivity index (χ3n) is 1.59. The van der Waals surface area contributed by atoms with E-state index < -0.39 is 0 Å². The quantitative estimate of drug-likeness (QED) is 0.611. The zero-order valence-corrected chi connectivity index (χ0v) is 8.84. The zero-order chi connectivity index (χ0) is 9.52. The molecular formula is C10H14ClNO2. The Morgan fingerprint density at radius 1 is 1.36 bits per heavy atom. The Morgan fingerprint density at radius 3 is 2.57 bits per heavy atom. The molecule has 14 heavy (non-hydrogen) atoms. The first kappa shape index (κ1) is 12.9. The molecule has 0 heterocycles. The molecule has 78 valence electrons. The van der Waals surface area contributed by atoms with Crippen LogP contribution in [0.2, 0.25) is 0 Å². The molecule has 0 unspecified atom stereocenters. The Bertz CT molecular complexity index is 264. The largest absolute Gasteiger partial charge is 0.461 e. The van der Waals surface area contributed by atoms with Crippen LogP contribution in [0.15, 0.2) is 30.3 Å². The number of likely N-dealkylation sites (N-methyl/N-ethyl adjacent to an activating group) is 1. The highest BCUT2D eigenvalue weighted by Crippen LogP contribution is 2.00. The molecule has 0 aromatic heterocycles. The van der Waals surface area contributed by atoms with Crippen molar-refractivity contribution in [2.45, 2.75) is 0 Å². The average Bonchev–Trinajstić information content (AvgIpc) is 2.19. The summed E-state index contributed by atoms with van der Waals surface area (Å²) in [5.41, 5.74) is 0.596.